The zero-order valence-electron chi connectivity index (χ0n) is 8.21. The molecule has 1 aromatic rings. The van der Waals surface area contributed by atoms with Crippen molar-refractivity contribution in [2.75, 3.05) is 6.54 Å². The van der Waals surface area contributed by atoms with Crippen LogP contribution in [-0.2, 0) is 0 Å². The number of hydrogen-bond acceptors (Lipinski definition) is 2. The summed E-state index contributed by atoms with van der Waals surface area (Å²) in [4.78, 5) is 0. The summed E-state index contributed by atoms with van der Waals surface area (Å²) in [5, 5.41) is 12.8. The molecule has 82 valence electrons. The van der Waals surface area contributed by atoms with Crippen LogP contribution in [0.2, 0.25) is 0 Å². The Labute approximate surface area is 86.9 Å². The van der Waals surface area contributed by atoms with Crippen LogP contribution < -0.4 is 5.32 Å². The molecule has 1 aliphatic rings. The third kappa shape index (κ3) is 2.09. The van der Waals surface area contributed by atoms with Gasteiger partial charge < -0.3 is 10.4 Å². The molecule has 0 saturated carbocycles. The van der Waals surface area contributed by atoms with Gasteiger partial charge in [-0.1, -0.05) is 0 Å². The number of phenolic OH excluding ortho intramolecular Hbond substituents is 1. The van der Waals surface area contributed by atoms with Gasteiger partial charge in [0.15, 0.2) is 0 Å². The van der Waals surface area contributed by atoms with Crippen LogP contribution >= 0.6 is 0 Å². The lowest BCUT2D eigenvalue weighted by molar-refractivity contribution is 0.151. The second-order valence-corrected chi connectivity index (χ2v) is 3.77. The van der Waals surface area contributed by atoms with Crippen molar-refractivity contribution in [3.8, 4) is 5.75 Å². The summed E-state index contributed by atoms with van der Waals surface area (Å²) in [6, 6.07) is 4.02. The van der Waals surface area contributed by atoms with Crippen LogP contribution in [0.4, 0.5) is 8.78 Å². The third-order valence-corrected chi connectivity index (χ3v) is 2.74. The van der Waals surface area contributed by atoms with Gasteiger partial charge >= 0.3 is 0 Å². The second kappa shape index (κ2) is 4.14. The van der Waals surface area contributed by atoms with Crippen LogP contribution in [0.1, 0.15) is 36.4 Å². The van der Waals surface area contributed by atoms with Gasteiger partial charge in [0.1, 0.15) is 5.75 Å². The largest absolute Gasteiger partial charge is 0.508 e. The molecule has 4 heteroatoms. The summed E-state index contributed by atoms with van der Waals surface area (Å²) in [6.45, 7) is 0.878. The molecule has 1 atom stereocenters. The monoisotopic (exact) mass is 213 g/mol. The summed E-state index contributed by atoms with van der Waals surface area (Å²) in [5.74, 6) is 0.0961. The predicted molar refractivity (Wildman–Crippen MR) is 53.0 cm³/mol. The van der Waals surface area contributed by atoms with Crippen LogP contribution in [0.15, 0.2) is 18.2 Å². The summed E-state index contributed by atoms with van der Waals surface area (Å²) in [5.41, 5.74) is 0.557. The van der Waals surface area contributed by atoms with E-state index in [1.165, 1.54) is 18.2 Å². The van der Waals surface area contributed by atoms with E-state index in [-0.39, 0.29) is 17.4 Å². The molecule has 0 spiro atoms. The van der Waals surface area contributed by atoms with Gasteiger partial charge in [0.05, 0.1) is 0 Å². The lowest BCUT2D eigenvalue weighted by Gasteiger charge is -2.13. The van der Waals surface area contributed by atoms with E-state index in [9.17, 15) is 13.9 Å². The average molecular weight is 213 g/mol. The Hall–Kier alpha value is -1.16. The Morgan fingerprint density at radius 3 is 2.80 bits per heavy atom. The van der Waals surface area contributed by atoms with Gasteiger partial charge in [0.25, 0.3) is 6.43 Å². The van der Waals surface area contributed by atoms with Crippen LogP contribution in [0.3, 0.4) is 0 Å². The van der Waals surface area contributed by atoms with Crippen molar-refractivity contribution in [3.63, 3.8) is 0 Å². The number of hydrogen-bond donors (Lipinski definition) is 2. The number of benzene rings is 1. The minimum absolute atomic E-state index is 0.0173. The van der Waals surface area contributed by atoms with Crippen molar-refractivity contribution >= 4 is 0 Å². The standard InChI is InChI=1S/C11H13F2NO/c12-11(13)7-3-4-10(15)8(6-7)9-2-1-5-14-9/h3-4,6,9,11,14-15H,1-2,5H2. The Balaban J connectivity index is 2.31. The van der Waals surface area contributed by atoms with Gasteiger partial charge in [0.2, 0.25) is 0 Å². The molecule has 0 bridgehead atoms. The molecule has 1 fully saturated rings. The molecule has 1 aromatic carbocycles. The van der Waals surface area contributed by atoms with Gasteiger partial charge in [-0.2, -0.15) is 0 Å². The fraction of sp³-hybridized carbons (Fsp3) is 0.455. The fourth-order valence-electron chi connectivity index (χ4n) is 1.94. The first-order valence-corrected chi connectivity index (χ1v) is 5.03. The fourth-order valence-corrected chi connectivity index (χ4v) is 1.94. The van der Waals surface area contributed by atoms with E-state index in [1.54, 1.807) is 0 Å². The second-order valence-electron chi connectivity index (χ2n) is 3.77. The number of nitrogens with one attached hydrogen (secondary N) is 1. The highest BCUT2D eigenvalue weighted by Gasteiger charge is 2.20. The van der Waals surface area contributed by atoms with Gasteiger partial charge in [-0.05, 0) is 37.6 Å². The molecule has 1 aliphatic heterocycles. The Morgan fingerprint density at radius 2 is 2.20 bits per heavy atom. The molecule has 2 rings (SSSR count). The predicted octanol–water partition coefficient (Wildman–Crippen LogP) is 2.75. The summed E-state index contributed by atoms with van der Waals surface area (Å²) in [6.07, 6.45) is -0.575. The molecule has 0 radical (unpaired) electrons. The van der Waals surface area contributed by atoms with Gasteiger partial charge in [-0.25, -0.2) is 8.78 Å². The average Bonchev–Trinajstić information content (AvgIpc) is 2.71. The van der Waals surface area contributed by atoms with E-state index in [1.807, 2.05) is 0 Å². The number of phenols is 1. The molecule has 0 aromatic heterocycles. The van der Waals surface area contributed by atoms with Gasteiger partial charge in [-0.3, -0.25) is 0 Å². The van der Waals surface area contributed by atoms with Crippen molar-refractivity contribution in [1.29, 1.82) is 0 Å². The molecule has 2 nitrogen and oxygen atoms in total. The Kier molecular flexibility index (Phi) is 2.86. The minimum Gasteiger partial charge on any atom is -0.508 e. The number of halogens is 2. The van der Waals surface area contributed by atoms with Crippen LogP contribution in [0.25, 0.3) is 0 Å². The first-order chi connectivity index (χ1) is 7.18. The highest BCUT2D eigenvalue weighted by molar-refractivity contribution is 5.39. The van der Waals surface area contributed by atoms with Crippen LogP contribution in [0.5, 0.6) is 5.75 Å². The van der Waals surface area contributed by atoms with Crippen LogP contribution in [-0.4, -0.2) is 11.7 Å². The maximum absolute atomic E-state index is 12.5. The first kappa shape index (κ1) is 10.4. The van der Waals surface area contributed by atoms with Crippen molar-refractivity contribution in [3.05, 3.63) is 29.3 Å². The molecular formula is C11H13F2NO. The summed E-state index contributed by atoms with van der Waals surface area (Å²) >= 11 is 0. The Bertz CT molecular complexity index is 348. The zero-order chi connectivity index (χ0) is 10.8. The molecule has 0 amide bonds. The molecule has 2 N–H and O–H groups in total. The molecule has 0 aliphatic carbocycles. The molecule has 1 saturated heterocycles. The lowest BCUT2D eigenvalue weighted by Crippen LogP contribution is -2.13. The SMILES string of the molecule is Oc1ccc(C(F)F)cc1C1CCCN1. The van der Waals surface area contributed by atoms with Crippen molar-refractivity contribution in [1.82, 2.24) is 5.32 Å². The molecule has 15 heavy (non-hydrogen) atoms. The number of aromatic hydroxyl groups is 1. The highest BCUT2D eigenvalue weighted by Crippen LogP contribution is 2.33. The van der Waals surface area contributed by atoms with E-state index in [0.29, 0.717) is 5.56 Å². The summed E-state index contributed by atoms with van der Waals surface area (Å²) < 4.78 is 24.9. The number of rotatable bonds is 2. The number of alkyl halides is 2. The third-order valence-electron chi connectivity index (χ3n) is 2.74. The molecule has 1 unspecified atom stereocenters. The van der Waals surface area contributed by atoms with Crippen molar-refractivity contribution in [2.45, 2.75) is 25.3 Å². The quantitative estimate of drug-likeness (QED) is 0.791. The zero-order valence-corrected chi connectivity index (χ0v) is 8.21. The summed E-state index contributed by atoms with van der Waals surface area (Å²) in [7, 11) is 0. The minimum atomic E-state index is -2.48. The van der Waals surface area contributed by atoms with Gasteiger partial charge in [0, 0.05) is 17.2 Å². The van der Waals surface area contributed by atoms with E-state index in [2.05, 4.69) is 5.32 Å². The first-order valence-electron chi connectivity index (χ1n) is 5.03. The van der Waals surface area contributed by atoms with Gasteiger partial charge in [-0.15, -0.1) is 0 Å². The van der Waals surface area contributed by atoms with E-state index >= 15 is 0 Å². The van der Waals surface area contributed by atoms with E-state index in [4.69, 9.17) is 0 Å². The van der Waals surface area contributed by atoms with E-state index in [0.717, 1.165) is 19.4 Å². The highest BCUT2D eigenvalue weighted by atomic mass is 19.3. The Morgan fingerprint density at radius 1 is 1.40 bits per heavy atom. The maximum atomic E-state index is 12.5. The normalized spacial score (nSPS) is 21.1. The molecule has 1 heterocycles. The molecular weight excluding hydrogens is 200 g/mol. The topological polar surface area (TPSA) is 32.3 Å². The maximum Gasteiger partial charge on any atom is 0.263 e. The van der Waals surface area contributed by atoms with Crippen molar-refractivity contribution < 1.29 is 13.9 Å². The lowest BCUT2D eigenvalue weighted by atomic mass is 10.0. The smallest absolute Gasteiger partial charge is 0.263 e. The van der Waals surface area contributed by atoms with Crippen molar-refractivity contribution in [2.24, 2.45) is 0 Å². The van der Waals surface area contributed by atoms with E-state index < -0.39 is 6.43 Å². The van der Waals surface area contributed by atoms with Crippen LogP contribution in [0, 0.1) is 0 Å².